The summed E-state index contributed by atoms with van der Waals surface area (Å²) in [5, 5.41) is 9.45. The normalized spacial score (nSPS) is 29.5. The van der Waals surface area contributed by atoms with E-state index in [1.807, 2.05) is 34.6 Å². The van der Waals surface area contributed by atoms with Crippen LogP contribution in [0, 0.1) is 11.3 Å². The number of nitriles is 1. The molecule has 2 fully saturated rings. The molecule has 0 aromatic heterocycles. The van der Waals surface area contributed by atoms with Gasteiger partial charge >= 0.3 is 6.09 Å². The highest BCUT2D eigenvalue weighted by Crippen LogP contribution is 2.43. The van der Waals surface area contributed by atoms with Crippen molar-refractivity contribution in [1.29, 1.82) is 5.26 Å². The highest BCUT2D eigenvalue weighted by Gasteiger charge is 2.60. The molecule has 2 aliphatic rings. The molecule has 0 unspecified atom stereocenters. The van der Waals surface area contributed by atoms with Crippen LogP contribution in [0.2, 0.25) is 18.1 Å². The van der Waals surface area contributed by atoms with Crippen LogP contribution in [0.3, 0.4) is 0 Å². The van der Waals surface area contributed by atoms with Gasteiger partial charge in [0, 0.05) is 0 Å². The van der Waals surface area contributed by atoms with Gasteiger partial charge in [-0.05, 0) is 52.8 Å². The predicted molar refractivity (Wildman–Crippen MR) is 113 cm³/mol. The zero-order valence-corrected chi connectivity index (χ0v) is 20.7. The Morgan fingerprint density at radius 2 is 1.62 bits per heavy atom. The Kier molecular flexibility index (Phi) is 6.52. The third-order valence-electron chi connectivity index (χ3n) is 5.96. The van der Waals surface area contributed by atoms with Crippen LogP contribution in [0.15, 0.2) is 0 Å². The van der Waals surface area contributed by atoms with Crippen molar-refractivity contribution in [2.24, 2.45) is 0 Å². The van der Waals surface area contributed by atoms with Crippen molar-refractivity contribution in [3.8, 4) is 6.07 Å². The molecule has 2 saturated heterocycles. The number of amides is 1. The first-order valence-electron chi connectivity index (χ1n) is 10.4. The lowest BCUT2D eigenvalue weighted by molar-refractivity contribution is -0.168. The van der Waals surface area contributed by atoms with Gasteiger partial charge in [-0.3, -0.25) is 4.90 Å². The zero-order chi connectivity index (χ0) is 22.4. The SMILES string of the molecule is CC(C)(C)OC(=O)N1[C@H](CO[Si](C)(C)C(C)(C)C)[C@H]2OC(C)(C)O[C@H]2[C@@H]1CC#N. The molecular formula is C21H38N2O5Si. The fraction of sp³-hybridized carbons (Fsp3) is 0.905. The summed E-state index contributed by atoms with van der Waals surface area (Å²) >= 11 is 0. The summed E-state index contributed by atoms with van der Waals surface area (Å²) in [7, 11) is -2.04. The number of hydrogen-bond donors (Lipinski definition) is 0. The molecule has 0 aromatic carbocycles. The van der Waals surface area contributed by atoms with Crippen molar-refractivity contribution in [2.75, 3.05) is 6.61 Å². The van der Waals surface area contributed by atoms with Gasteiger partial charge in [0.15, 0.2) is 14.1 Å². The maximum absolute atomic E-state index is 13.1. The monoisotopic (exact) mass is 426 g/mol. The van der Waals surface area contributed by atoms with Crippen molar-refractivity contribution in [3.05, 3.63) is 0 Å². The van der Waals surface area contributed by atoms with Gasteiger partial charge in [0.05, 0.1) is 31.2 Å². The van der Waals surface area contributed by atoms with Gasteiger partial charge < -0.3 is 18.6 Å². The van der Waals surface area contributed by atoms with E-state index in [1.165, 1.54) is 0 Å². The van der Waals surface area contributed by atoms with E-state index in [0.717, 1.165) is 0 Å². The minimum atomic E-state index is -2.04. The summed E-state index contributed by atoms with van der Waals surface area (Å²) in [6.07, 6.45) is -1.05. The van der Waals surface area contributed by atoms with Gasteiger partial charge in [-0.25, -0.2) is 4.79 Å². The van der Waals surface area contributed by atoms with Crippen LogP contribution in [0.1, 0.15) is 61.8 Å². The number of carbonyl (C=O) groups is 1. The first-order valence-corrected chi connectivity index (χ1v) is 13.3. The smallest absolute Gasteiger partial charge is 0.411 e. The lowest BCUT2D eigenvalue weighted by Gasteiger charge is -2.39. The maximum Gasteiger partial charge on any atom is 0.411 e. The molecule has 29 heavy (non-hydrogen) atoms. The molecule has 2 rings (SSSR count). The van der Waals surface area contributed by atoms with Crippen LogP contribution in [0.4, 0.5) is 4.79 Å². The minimum Gasteiger partial charge on any atom is -0.444 e. The Hall–Kier alpha value is -1.14. The second-order valence-corrected chi connectivity index (χ2v) is 15.8. The van der Waals surface area contributed by atoms with E-state index in [0.29, 0.717) is 6.61 Å². The van der Waals surface area contributed by atoms with E-state index >= 15 is 0 Å². The molecule has 1 amide bonds. The third-order valence-corrected chi connectivity index (χ3v) is 10.5. The predicted octanol–water partition coefficient (Wildman–Crippen LogP) is 4.43. The number of carbonyl (C=O) groups excluding carboxylic acids is 1. The molecule has 0 aliphatic carbocycles. The van der Waals surface area contributed by atoms with E-state index in [9.17, 15) is 10.1 Å². The molecule has 166 valence electrons. The summed E-state index contributed by atoms with van der Waals surface area (Å²) in [5.74, 6) is -0.766. The zero-order valence-electron chi connectivity index (χ0n) is 19.7. The molecule has 0 aromatic rings. The van der Waals surface area contributed by atoms with Crippen LogP contribution in [-0.2, 0) is 18.6 Å². The molecule has 0 saturated carbocycles. The number of ether oxygens (including phenoxy) is 3. The number of hydrogen-bond acceptors (Lipinski definition) is 6. The van der Waals surface area contributed by atoms with Crippen LogP contribution in [-0.4, -0.2) is 61.6 Å². The molecule has 0 spiro atoms. The van der Waals surface area contributed by atoms with Crippen molar-refractivity contribution in [3.63, 3.8) is 0 Å². The van der Waals surface area contributed by atoms with E-state index in [4.69, 9.17) is 18.6 Å². The Bertz CT molecular complexity index is 659. The van der Waals surface area contributed by atoms with E-state index in [1.54, 1.807) is 4.90 Å². The first-order chi connectivity index (χ1) is 13.0. The Balaban J connectivity index is 2.35. The maximum atomic E-state index is 13.1. The molecule has 2 aliphatic heterocycles. The number of nitrogens with zero attached hydrogens (tertiary/aromatic N) is 2. The lowest BCUT2D eigenvalue weighted by Crippen LogP contribution is -2.52. The highest BCUT2D eigenvalue weighted by atomic mass is 28.4. The Labute approximate surface area is 176 Å². The van der Waals surface area contributed by atoms with E-state index < -0.39 is 31.8 Å². The standard InChI is InChI=1S/C21H38N2O5Si/c1-19(2,3)28-18(24)23-14(11-12-22)16-17(27-21(7,8)26-16)15(23)13-25-29(9,10)20(4,5)6/h14-17H,11,13H2,1-10H3/t14-,15+,16-,17+/m0/s1. The van der Waals surface area contributed by atoms with Crippen LogP contribution < -0.4 is 0 Å². The Morgan fingerprint density at radius 1 is 1.10 bits per heavy atom. The van der Waals surface area contributed by atoms with E-state index in [2.05, 4.69) is 39.9 Å². The fourth-order valence-corrected chi connectivity index (χ4v) is 4.57. The number of likely N-dealkylation sites (tertiary alicyclic amines) is 1. The van der Waals surface area contributed by atoms with Crippen molar-refractivity contribution >= 4 is 14.4 Å². The molecule has 0 N–H and O–H groups in total. The summed E-state index contributed by atoms with van der Waals surface area (Å²) in [6.45, 7) is 20.4. The molecule has 8 heteroatoms. The average molecular weight is 427 g/mol. The largest absolute Gasteiger partial charge is 0.444 e. The van der Waals surface area contributed by atoms with Crippen LogP contribution in [0.5, 0.6) is 0 Å². The second-order valence-electron chi connectivity index (χ2n) is 11.0. The van der Waals surface area contributed by atoms with Crippen molar-refractivity contribution in [2.45, 2.75) is 116 Å². The number of rotatable bonds is 4. The second kappa shape index (κ2) is 7.84. The summed E-state index contributed by atoms with van der Waals surface area (Å²) in [4.78, 5) is 14.7. The van der Waals surface area contributed by atoms with Crippen molar-refractivity contribution in [1.82, 2.24) is 4.90 Å². The summed E-state index contributed by atoms with van der Waals surface area (Å²) in [5.41, 5.74) is -0.641. The fourth-order valence-electron chi connectivity index (χ4n) is 3.55. The van der Waals surface area contributed by atoms with Gasteiger partial charge in [-0.1, -0.05) is 20.8 Å². The van der Waals surface area contributed by atoms with Crippen molar-refractivity contribution < 1.29 is 23.4 Å². The Morgan fingerprint density at radius 3 is 2.07 bits per heavy atom. The van der Waals surface area contributed by atoms with Gasteiger partial charge in [-0.2, -0.15) is 5.26 Å². The van der Waals surface area contributed by atoms with Gasteiger partial charge in [0.2, 0.25) is 0 Å². The third kappa shape index (κ3) is 5.32. The molecule has 4 atom stereocenters. The molecular weight excluding hydrogens is 388 g/mol. The topological polar surface area (TPSA) is 81.0 Å². The highest BCUT2D eigenvalue weighted by molar-refractivity contribution is 6.74. The molecule has 0 radical (unpaired) electrons. The summed E-state index contributed by atoms with van der Waals surface area (Å²) < 4.78 is 24.4. The average Bonchev–Trinajstić information content (AvgIpc) is 2.94. The quantitative estimate of drug-likeness (QED) is 0.619. The lowest BCUT2D eigenvalue weighted by atomic mass is 10.1. The summed E-state index contributed by atoms with van der Waals surface area (Å²) in [6, 6.07) is 1.39. The van der Waals surface area contributed by atoms with E-state index in [-0.39, 0.29) is 29.7 Å². The molecule has 7 nitrogen and oxygen atoms in total. The van der Waals surface area contributed by atoms with Crippen LogP contribution in [0.25, 0.3) is 0 Å². The van der Waals surface area contributed by atoms with Gasteiger partial charge in [0.25, 0.3) is 0 Å². The first kappa shape index (κ1) is 24.1. The van der Waals surface area contributed by atoms with Crippen LogP contribution >= 0.6 is 0 Å². The number of fused-ring (bicyclic) bond motifs is 1. The molecule has 0 bridgehead atoms. The minimum absolute atomic E-state index is 0.0418. The van der Waals surface area contributed by atoms with Gasteiger partial charge in [0.1, 0.15) is 17.8 Å². The molecule has 2 heterocycles. The van der Waals surface area contributed by atoms with Gasteiger partial charge in [-0.15, -0.1) is 0 Å².